The van der Waals surface area contributed by atoms with Gasteiger partial charge in [0.15, 0.2) is 11.2 Å². The van der Waals surface area contributed by atoms with Gasteiger partial charge in [-0.3, -0.25) is 0 Å². The molecule has 0 N–H and O–H groups in total. The van der Waals surface area contributed by atoms with Gasteiger partial charge < -0.3 is 33.0 Å². The van der Waals surface area contributed by atoms with Crippen molar-refractivity contribution < 1.29 is 37.8 Å². The van der Waals surface area contributed by atoms with Gasteiger partial charge in [0.2, 0.25) is 6.10 Å². The third kappa shape index (κ3) is 6.78. The molecule has 4 aromatic rings. The van der Waals surface area contributed by atoms with Crippen molar-refractivity contribution in [3.63, 3.8) is 0 Å². The Morgan fingerprint density at radius 2 is 1.49 bits per heavy atom. The lowest BCUT2D eigenvalue weighted by atomic mass is 9.98. The number of carbonyl (C=O) groups excluding carboxylic acids is 1. The van der Waals surface area contributed by atoms with Crippen LogP contribution in [-0.2, 0) is 41.5 Å². The summed E-state index contributed by atoms with van der Waals surface area (Å²) in [6.45, 7) is 0.358. The summed E-state index contributed by atoms with van der Waals surface area (Å²) in [5.41, 5.74) is 1.03. The Balaban J connectivity index is 1.35. The molecule has 0 bridgehead atoms. The molecule has 0 spiro atoms. The number of carbonyl (C=O) groups is 1. The van der Waals surface area contributed by atoms with Gasteiger partial charge in [0, 0.05) is 16.7 Å². The van der Waals surface area contributed by atoms with Crippen LogP contribution in [-0.4, -0.2) is 54.1 Å². The Morgan fingerprint density at radius 3 is 2.16 bits per heavy atom. The van der Waals surface area contributed by atoms with Crippen molar-refractivity contribution in [3.8, 4) is 5.75 Å². The fourth-order valence-corrected chi connectivity index (χ4v) is 6.57. The molecular formula is C34H32O8S. The summed E-state index contributed by atoms with van der Waals surface area (Å²) in [7, 11) is 1.61. The Bertz CT molecular complexity index is 1450. The van der Waals surface area contributed by atoms with Crippen molar-refractivity contribution in [2.24, 2.45) is 0 Å². The maximum atomic E-state index is 14.0. The Hall–Kier alpha value is -3.70. The molecular weight excluding hydrogens is 568 g/mol. The lowest BCUT2D eigenvalue weighted by molar-refractivity contribution is -0.325. The molecule has 2 saturated heterocycles. The second-order valence-corrected chi connectivity index (χ2v) is 11.7. The normalized spacial score (nSPS) is 25.7. The minimum absolute atomic E-state index is 0.175. The summed E-state index contributed by atoms with van der Waals surface area (Å²) < 4.78 is 51.0. The molecule has 6 rings (SSSR count). The number of hydrogen-bond acceptors (Lipinski definition) is 8. The third-order valence-corrected chi connectivity index (χ3v) is 8.93. The number of benzene rings is 4. The van der Waals surface area contributed by atoms with Crippen molar-refractivity contribution in [2.75, 3.05) is 13.7 Å². The Labute approximate surface area is 253 Å². The van der Waals surface area contributed by atoms with Crippen LogP contribution in [0.5, 0.6) is 5.75 Å². The molecule has 8 nitrogen and oxygen atoms in total. The molecule has 4 aromatic carbocycles. The fourth-order valence-electron chi connectivity index (χ4n) is 5.18. The largest absolute Gasteiger partial charge is 0.609 e. The maximum Gasteiger partial charge on any atom is 0.338 e. The first-order valence-corrected chi connectivity index (χ1v) is 15.3. The van der Waals surface area contributed by atoms with Crippen LogP contribution >= 0.6 is 0 Å². The molecule has 2 fully saturated rings. The van der Waals surface area contributed by atoms with E-state index in [1.807, 2.05) is 66.7 Å². The molecule has 2 aliphatic rings. The van der Waals surface area contributed by atoms with Gasteiger partial charge >= 0.3 is 5.97 Å². The van der Waals surface area contributed by atoms with Crippen LogP contribution in [0.15, 0.2) is 120 Å². The molecule has 0 aromatic heterocycles. The van der Waals surface area contributed by atoms with E-state index in [2.05, 4.69) is 0 Å². The molecule has 9 heteroatoms. The van der Waals surface area contributed by atoms with Gasteiger partial charge in [-0.25, -0.2) is 4.79 Å². The smallest absolute Gasteiger partial charge is 0.338 e. The van der Waals surface area contributed by atoms with Gasteiger partial charge in [0.05, 0.1) is 25.9 Å². The lowest BCUT2D eigenvalue weighted by Crippen LogP contribution is -2.64. The van der Waals surface area contributed by atoms with Crippen LogP contribution in [0, 0.1) is 0 Å². The van der Waals surface area contributed by atoms with E-state index in [0.29, 0.717) is 10.5 Å². The van der Waals surface area contributed by atoms with Gasteiger partial charge in [-0.2, -0.15) is 0 Å². The van der Waals surface area contributed by atoms with Crippen molar-refractivity contribution >= 4 is 17.1 Å². The first-order chi connectivity index (χ1) is 21.1. The molecule has 222 valence electrons. The lowest BCUT2D eigenvalue weighted by Gasteiger charge is -2.48. The van der Waals surface area contributed by atoms with Gasteiger partial charge in [-0.05, 0) is 42.0 Å². The first-order valence-electron chi connectivity index (χ1n) is 14.0. The minimum atomic E-state index is -1.71. The zero-order valence-electron chi connectivity index (χ0n) is 23.5. The van der Waals surface area contributed by atoms with Crippen molar-refractivity contribution in [1.82, 2.24) is 0 Å². The Kier molecular flexibility index (Phi) is 9.38. The number of fused-ring (bicyclic) bond motifs is 1. The molecule has 0 aliphatic carbocycles. The van der Waals surface area contributed by atoms with Gasteiger partial charge in [-0.1, -0.05) is 78.9 Å². The van der Waals surface area contributed by atoms with Crippen molar-refractivity contribution in [1.29, 1.82) is 0 Å². The van der Waals surface area contributed by atoms with Crippen LogP contribution in [0.3, 0.4) is 0 Å². The van der Waals surface area contributed by atoms with E-state index in [1.165, 1.54) is 0 Å². The summed E-state index contributed by atoms with van der Waals surface area (Å²) in [5.74, 6) is 0.147. The molecule has 43 heavy (non-hydrogen) atoms. The molecule has 2 aliphatic heterocycles. The number of rotatable bonds is 9. The van der Waals surface area contributed by atoms with E-state index in [1.54, 1.807) is 55.6 Å². The topological polar surface area (TPSA) is 95.5 Å². The SMILES string of the molecule is COc1ccc(CO[C@@H]2C(OC(=O)c3ccccc3)[C@@H]([S+]([O-])c3ccccc3)OC3COC(c4ccccc4)O[C@H]32)cc1. The number of esters is 1. The summed E-state index contributed by atoms with van der Waals surface area (Å²) >= 11 is -1.71. The third-order valence-electron chi connectivity index (χ3n) is 7.40. The fraction of sp³-hybridized carbons (Fsp3) is 0.265. The monoisotopic (exact) mass is 600 g/mol. The average molecular weight is 601 g/mol. The summed E-state index contributed by atoms with van der Waals surface area (Å²) in [6, 6.07) is 34.7. The molecule has 0 saturated carbocycles. The van der Waals surface area contributed by atoms with E-state index in [9.17, 15) is 9.35 Å². The molecule has 4 unspecified atom stereocenters. The number of hydrogen-bond donors (Lipinski definition) is 0. The predicted octanol–water partition coefficient (Wildman–Crippen LogP) is 5.45. The first kappa shape index (κ1) is 29.4. The molecule has 7 atom stereocenters. The van der Waals surface area contributed by atoms with E-state index >= 15 is 0 Å². The predicted molar refractivity (Wildman–Crippen MR) is 159 cm³/mol. The number of ether oxygens (including phenoxy) is 6. The van der Waals surface area contributed by atoms with Crippen LogP contribution in [0.4, 0.5) is 0 Å². The summed E-state index contributed by atoms with van der Waals surface area (Å²) in [5, 5.41) is 0. The van der Waals surface area contributed by atoms with Crippen molar-refractivity contribution in [3.05, 3.63) is 132 Å². The van der Waals surface area contributed by atoms with Crippen LogP contribution in [0.1, 0.15) is 27.8 Å². The highest BCUT2D eigenvalue weighted by Gasteiger charge is 2.56. The quantitative estimate of drug-likeness (QED) is 0.185. The molecule has 2 heterocycles. The minimum Gasteiger partial charge on any atom is -0.609 e. The highest BCUT2D eigenvalue weighted by molar-refractivity contribution is 7.92. The van der Waals surface area contributed by atoms with Gasteiger partial charge in [-0.15, -0.1) is 0 Å². The van der Waals surface area contributed by atoms with E-state index < -0.39 is 53.3 Å². The highest BCUT2D eigenvalue weighted by atomic mass is 32.2. The summed E-state index contributed by atoms with van der Waals surface area (Å²) in [6.07, 6.45) is -3.89. The number of methoxy groups -OCH3 is 1. The van der Waals surface area contributed by atoms with Crippen LogP contribution in [0.2, 0.25) is 0 Å². The maximum absolute atomic E-state index is 14.0. The Morgan fingerprint density at radius 1 is 0.837 bits per heavy atom. The van der Waals surface area contributed by atoms with Crippen LogP contribution in [0.25, 0.3) is 0 Å². The van der Waals surface area contributed by atoms with Gasteiger partial charge in [0.1, 0.15) is 24.1 Å². The zero-order valence-corrected chi connectivity index (χ0v) is 24.3. The standard InChI is InChI=1S/C34H32O8S/c1-37-26-19-17-23(18-20-26)21-38-30-29-28(22-39-33(42-29)25-13-7-3-8-14-25)40-34(43(36)27-15-9-4-10-16-27)31(30)41-32(35)24-11-5-2-6-12-24/h2-20,28-31,33-34H,21-22H2,1H3/t28?,29-,30+,31?,33?,34-,43?/m1/s1. The van der Waals surface area contributed by atoms with E-state index in [-0.39, 0.29) is 13.2 Å². The summed E-state index contributed by atoms with van der Waals surface area (Å²) in [4.78, 5) is 14.0. The zero-order chi connectivity index (χ0) is 29.6. The molecule has 0 radical (unpaired) electrons. The van der Waals surface area contributed by atoms with E-state index in [0.717, 1.165) is 16.9 Å². The highest BCUT2D eigenvalue weighted by Crippen LogP contribution is 2.39. The second kappa shape index (κ2) is 13.7. The molecule has 0 amide bonds. The average Bonchev–Trinajstić information content (AvgIpc) is 3.08. The van der Waals surface area contributed by atoms with Crippen LogP contribution < -0.4 is 4.74 Å². The van der Waals surface area contributed by atoms with Crippen molar-refractivity contribution in [2.45, 2.75) is 47.6 Å². The van der Waals surface area contributed by atoms with Gasteiger partial charge in [0.25, 0.3) is 5.44 Å². The van der Waals surface area contributed by atoms with E-state index in [4.69, 9.17) is 28.4 Å². The second-order valence-electron chi connectivity index (χ2n) is 10.2.